The number of para-hydroxylation sites is 1. The quantitative estimate of drug-likeness (QED) is 0.150. The Kier molecular flexibility index (Phi) is 11.2. The largest absolute Gasteiger partial charge is 0.496 e. The topological polar surface area (TPSA) is 123 Å². The number of aryl methyl sites for hydroxylation is 1. The molecule has 12 nitrogen and oxygen atoms in total. The van der Waals surface area contributed by atoms with Gasteiger partial charge in [-0.05, 0) is 81.3 Å². The number of rotatable bonds is 13. The molecule has 3 aromatic carbocycles. The van der Waals surface area contributed by atoms with E-state index in [9.17, 15) is 14.4 Å². The maximum Gasteiger partial charge on any atom is 0.259 e. The normalized spacial score (nSPS) is 13.1. The third kappa shape index (κ3) is 8.22. The molecule has 0 bridgehead atoms. The Balaban J connectivity index is 1.24. The number of methoxy groups -OCH3 is 1. The number of likely N-dealkylation sites (N-methyl/N-ethyl adjacent to an activating group) is 1. The first-order chi connectivity index (χ1) is 23.6. The Morgan fingerprint density at radius 2 is 1.78 bits per heavy atom. The van der Waals surface area contributed by atoms with Crippen molar-refractivity contribution in [2.75, 3.05) is 83.2 Å². The monoisotopic (exact) mass is 667 g/mol. The van der Waals surface area contributed by atoms with Crippen molar-refractivity contribution in [3.63, 3.8) is 0 Å². The zero-order valence-corrected chi connectivity index (χ0v) is 29.1. The molecule has 0 aliphatic carbocycles. The number of hydrogen-bond acceptors (Lipinski definition) is 9. The molecule has 0 radical (unpaired) electrons. The minimum Gasteiger partial charge on any atom is -0.496 e. The third-order valence-corrected chi connectivity index (χ3v) is 8.71. The highest BCUT2D eigenvalue weighted by Gasteiger charge is 2.22. The fraction of sp³-hybridized carbons (Fsp3) is 0.378. The molecule has 1 saturated heterocycles. The molecule has 12 heteroatoms. The van der Waals surface area contributed by atoms with Crippen molar-refractivity contribution in [1.82, 2.24) is 19.8 Å². The molecule has 2 amide bonds. The highest BCUT2D eigenvalue weighted by molar-refractivity contribution is 6.11. The summed E-state index contributed by atoms with van der Waals surface area (Å²) in [5.74, 6) is 3.00. The van der Waals surface area contributed by atoms with Gasteiger partial charge in [0.15, 0.2) is 0 Å². The number of unbranched alkanes of at least 4 members (excludes halogenated alkanes) is 1. The van der Waals surface area contributed by atoms with Crippen molar-refractivity contribution in [3.05, 3.63) is 77.0 Å². The number of carbonyl (C=O) groups is 2. The Morgan fingerprint density at radius 3 is 2.49 bits per heavy atom. The summed E-state index contributed by atoms with van der Waals surface area (Å²) in [6.07, 6.45) is 2.19. The number of nitrogens with zero attached hydrogens (tertiary/aromatic N) is 5. The number of aromatic nitrogens is 2. The summed E-state index contributed by atoms with van der Waals surface area (Å²) in [6.45, 7) is 5.96. The van der Waals surface area contributed by atoms with Crippen LogP contribution in [0.15, 0.2) is 60.3 Å². The zero-order valence-electron chi connectivity index (χ0n) is 29.1. The molecule has 0 saturated carbocycles. The molecule has 0 atom stereocenters. The first-order valence-electron chi connectivity index (χ1n) is 16.4. The molecule has 1 aliphatic heterocycles. The fourth-order valence-corrected chi connectivity index (χ4v) is 5.78. The van der Waals surface area contributed by atoms with E-state index in [4.69, 9.17) is 9.47 Å². The van der Waals surface area contributed by atoms with Gasteiger partial charge in [-0.15, -0.1) is 0 Å². The summed E-state index contributed by atoms with van der Waals surface area (Å²) >= 11 is 0. The van der Waals surface area contributed by atoms with Gasteiger partial charge >= 0.3 is 0 Å². The lowest BCUT2D eigenvalue weighted by atomic mass is 10.1. The number of fused-ring (bicyclic) bond motifs is 1. The molecule has 0 spiro atoms. The van der Waals surface area contributed by atoms with Crippen LogP contribution in [0.1, 0.15) is 45.5 Å². The van der Waals surface area contributed by atoms with Gasteiger partial charge in [-0.3, -0.25) is 9.59 Å². The van der Waals surface area contributed by atoms with E-state index >= 15 is 0 Å². The number of nitrogens with one attached hydrogen (secondary N) is 2. The number of H-pyrrole nitrogens is 1. The number of carbonyl (C=O) groups excluding carboxylic acids is 3. The van der Waals surface area contributed by atoms with E-state index in [1.807, 2.05) is 56.3 Å². The van der Waals surface area contributed by atoms with Gasteiger partial charge in [0.25, 0.3) is 11.8 Å². The van der Waals surface area contributed by atoms with Crippen LogP contribution < -0.4 is 24.6 Å². The minimum absolute atomic E-state index is 0.264. The Bertz CT molecular complexity index is 1860. The van der Waals surface area contributed by atoms with Gasteiger partial charge in [-0.2, -0.15) is 0 Å². The number of amides is 2. The maximum absolute atomic E-state index is 13.7. The minimum atomic E-state index is -0.389. The van der Waals surface area contributed by atoms with E-state index < -0.39 is 0 Å². The summed E-state index contributed by atoms with van der Waals surface area (Å²) < 4.78 is 11.8. The lowest BCUT2D eigenvalue weighted by molar-refractivity contribution is 0.0987. The van der Waals surface area contributed by atoms with Gasteiger partial charge in [0.05, 0.1) is 41.9 Å². The van der Waals surface area contributed by atoms with Crippen LogP contribution in [0, 0.1) is 6.92 Å². The second-order valence-corrected chi connectivity index (χ2v) is 12.5. The standard InChI is InChI=1S/C37H45N7O5/c1-25-13-16-31(33(22-25)49-21-8-7-10-27(24-45)44-19-17-42(4)18-20-44)43(5)36(47)26-14-15-28(32(23-26)48-6)35(46)38-29-11-9-12-30-34(29)40-37(39-30)41(2)3/h9,11-16,22-23H,7-8,10,17-21H2,1-6H3,(H,38,46)(H,39,40). The Labute approximate surface area is 287 Å². The number of aromatic amines is 1. The summed E-state index contributed by atoms with van der Waals surface area (Å²) in [6, 6.07) is 16.0. The van der Waals surface area contributed by atoms with Crippen LogP contribution in [0.4, 0.5) is 17.3 Å². The number of imidazole rings is 1. The van der Waals surface area contributed by atoms with Crippen LogP contribution in [0.5, 0.6) is 11.5 Å². The van der Waals surface area contributed by atoms with E-state index in [2.05, 4.69) is 38.1 Å². The first-order valence-corrected chi connectivity index (χ1v) is 16.4. The molecule has 0 unspecified atom stereocenters. The third-order valence-electron chi connectivity index (χ3n) is 8.71. The van der Waals surface area contributed by atoms with Crippen LogP contribution in [0.25, 0.3) is 11.0 Å². The molecule has 1 aromatic heterocycles. The summed E-state index contributed by atoms with van der Waals surface area (Å²) in [5.41, 5.74) is 4.95. The second-order valence-electron chi connectivity index (χ2n) is 12.5. The van der Waals surface area contributed by atoms with E-state index in [1.165, 1.54) is 12.0 Å². The van der Waals surface area contributed by atoms with Crippen molar-refractivity contribution >= 4 is 46.1 Å². The Hall–Kier alpha value is -5.32. The number of ether oxygens (including phenoxy) is 2. The van der Waals surface area contributed by atoms with Gasteiger partial charge < -0.3 is 39.4 Å². The second kappa shape index (κ2) is 15.7. The number of allylic oxidation sites excluding steroid dienone is 1. The molecule has 2 N–H and O–H groups in total. The molecular formula is C37H45N7O5. The SMILES string of the molecule is COc1cc(C(=O)N(C)c2ccc(C)cc2OCCCCC(=C=O)N2CCN(C)CC2)ccc1C(=O)Nc1cccc2[nH]c(N(C)C)nc12. The predicted molar refractivity (Wildman–Crippen MR) is 193 cm³/mol. The molecule has 2 heterocycles. The molecule has 5 rings (SSSR count). The summed E-state index contributed by atoms with van der Waals surface area (Å²) in [4.78, 5) is 54.4. The van der Waals surface area contributed by atoms with Crippen molar-refractivity contribution < 1.29 is 23.9 Å². The molecular weight excluding hydrogens is 622 g/mol. The molecule has 49 heavy (non-hydrogen) atoms. The predicted octanol–water partition coefficient (Wildman–Crippen LogP) is 4.99. The van der Waals surface area contributed by atoms with Crippen LogP contribution >= 0.6 is 0 Å². The highest BCUT2D eigenvalue weighted by atomic mass is 16.5. The number of piperazine rings is 1. The molecule has 4 aromatic rings. The first kappa shape index (κ1) is 35.0. The number of benzene rings is 3. The smallest absolute Gasteiger partial charge is 0.259 e. The summed E-state index contributed by atoms with van der Waals surface area (Å²) in [5, 5.41) is 2.94. The van der Waals surface area contributed by atoms with Crippen LogP contribution in [0.2, 0.25) is 0 Å². The van der Waals surface area contributed by atoms with E-state index in [0.717, 1.165) is 55.8 Å². The van der Waals surface area contributed by atoms with Gasteiger partial charge in [0, 0.05) is 52.9 Å². The Morgan fingerprint density at radius 1 is 1.00 bits per heavy atom. The maximum atomic E-state index is 13.7. The average molecular weight is 668 g/mol. The van der Waals surface area contributed by atoms with Crippen molar-refractivity contribution in [2.24, 2.45) is 0 Å². The zero-order chi connectivity index (χ0) is 35.1. The van der Waals surface area contributed by atoms with Gasteiger partial charge in [-0.25, -0.2) is 9.78 Å². The van der Waals surface area contributed by atoms with E-state index in [-0.39, 0.29) is 23.1 Å². The van der Waals surface area contributed by atoms with Crippen molar-refractivity contribution in [2.45, 2.75) is 26.2 Å². The van der Waals surface area contributed by atoms with E-state index in [0.29, 0.717) is 47.2 Å². The molecule has 1 aliphatic rings. The van der Waals surface area contributed by atoms with Crippen LogP contribution in [-0.4, -0.2) is 106 Å². The lowest BCUT2D eigenvalue weighted by Crippen LogP contribution is -2.44. The number of anilines is 3. The van der Waals surface area contributed by atoms with E-state index in [1.54, 1.807) is 31.3 Å². The fourth-order valence-electron chi connectivity index (χ4n) is 5.78. The summed E-state index contributed by atoms with van der Waals surface area (Å²) in [7, 11) is 9.01. The van der Waals surface area contributed by atoms with Gasteiger partial charge in [0.2, 0.25) is 5.95 Å². The molecule has 258 valence electrons. The van der Waals surface area contributed by atoms with Crippen LogP contribution in [-0.2, 0) is 4.79 Å². The van der Waals surface area contributed by atoms with Crippen molar-refractivity contribution in [1.29, 1.82) is 0 Å². The molecule has 1 fully saturated rings. The van der Waals surface area contributed by atoms with Crippen molar-refractivity contribution in [3.8, 4) is 11.5 Å². The number of hydrogen-bond donors (Lipinski definition) is 2. The van der Waals surface area contributed by atoms with Gasteiger partial charge in [0.1, 0.15) is 23.0 Å². The average Bonchev–Trinajstić information content (AvgIpc) is 3.56. The lowest BCUT2D eigenvalue weighted by Gasteiger charge is -2.34. The van der Waals surface area contributed by atoms with Crippen LogP contribution in [0.3, 0.4) is 0 Å². The van der Waals surface area contributed by atoms with Gasteiger partial charge in [-0.1, -0.05) is 12.1 Å². The highest BCUT2D eigenvalue weighted by Crippen LogP contribution is 2.32.